The lowest BCUT2D eigenvalue weighted by Gasteiger charge is -2.22. The zero-order valence-corrected chi connectivity index (χ0v) is 21.2. The van der Waals surface area contributed by atoms with Gasteiger partial charge in [-0.25, -0.2) is 0 Å². The van der Waals surface area contributed by atoms with Gasteiger partial charge < -0.3 is 24.7 Å². The summed E-state index contributed by atoms with van der Waals surface area (Å²) in [5.41, 5.74) is 1.14. The van der Waals surface area contributed by atoms with Crippen molar-refractivity contribution < 1.29 is 19.1 Å². The highest BCUT2D eigenvalue weighted by atomic mass is 35.5. The second-order valence-corrected chi connectivity index (χ2v) is 9.57. The number of carbonyl (C=O) groups excluding carboxylic acids is 2. The van der Waals surface area contributed by atoms with Crippen LogP contribution in [0.2, 0.25) is 5.02 Å². The van der Waals surface area contributed by atoms with Crippen LogP contribution in [0.5, 0.6) is 11.5 Å². The van der Waals surface area contributed by atoms with Crippen molar-refractivity contribution in [3.63, 3.8) is 0 Å². The first kappa shape index (κ1) is 24.9. The average molecular weight is 516 g/mol. The van der Waals surface area contributed by atoms with E-state index in [9.17, 15) is 9.59 Å². The SMILES string of the molecule is CCn1c(SCC(=O)Nc2ccc(Cl)cc2)nnc1C(NC(=O)c1ccc2c(c1)OCO2)C(C)C. The summed E-state index contributed by atoms with van der Waals surface area (Å²) in [4.78, 5) is 25.4. The van der Waals surface area contributed by atoms with E-state index in [0.717, 1.165) is 0 Å². The number of nitrogens with one attached hydrogen (secondary N) is 2. The fourth-order valence-electron chi connectivity index (χ4n) is 3.59. The molecule has 2 aromatic carbocycles. The lowest BCUT2D eigenvalue weighted by atomic mass is 10.0. The number of halogens is 1. The molecule has 2 amide bonds. The molecule has 1 aliphatic heterocycles. The second-order valence-electron chi connectivity index (χ2n) is 8.19. The fourth-order valence-corrected chi connectivity index (χ4v) is 4.52. The highest BCUT2D eigenvalue weighted by Crippen LogP contribution is 2.33. The molecule has 3 aromatic rings. The highest BCUT2D eigenvalue weighted by Gasteiger charge is 2.27. The van der Waals surface area contributed by atoms with Crippen LogP contribution < -0.4 is 20.1 Å². The van der Waals surface area contributed by atoms with Gasteiger partial charge in [-0.1, -0.05) is 37.2 Å². The lowest BCUT2D eigenvalue weighted by Crippen LogP contribution is -2.33. The molecule has 0 fully saturated rings. The van der Waals surface area contributed by atoms with Crippen LogP contribution in [0.15, 0.2) is 47.6 Å². The second kappa shape index (κ2) is 11.0. The van der Waals surface area contributed by atoms with Crippen LogP contribution in [0, 0.1) is 5.92 Å². The third-order valence-corrected chi connectivity index (χ3v) is 6.61. The van der Waals surface area contributed by atoms with Crippen molar-refractivity contribution in [2.75, 3.05) is 17.9 Å². The van der Waals surface area contributed by atoms with E-state index in [1.165, 1.54) is 11.8 Å². The van der Waals surface area contributed by atoms with E-state index >= 15 is 0 Å². The Morgan fingerprint density at radius 3 is 2.57 bits per heavy atom. The molecule has 2 heterocycles. The van der Waals surface area contributed by atoms with Gasteiger partial charge >= 0.3 is 0 Å². The molecule has 0 saturated carbocycles. The Morgan fingerprint density at radius 2 is 1.86 bits per heavy atom. The molecule has 4 rings (SSSR count). The van der Waals surface area contributed by atoms with Crippen molar-refractivity contribution in [1.29, 1.82) is 0 Å². The van der Waals surface area contributed by atoms with Crippen molar-refractivity contribution in [2.45, 2.75) is 38.5 Å². The van der Waals surface area contributed by atoms with Gasteiger partial charge in [0, 0.05) is 22.8 Å². The van der Waals surface area contributed by atoms with Gasteiger partial charge in [-0.15, -0.1) is 10.2 Å². The molecule has 1 aliphatic rings. The van der Waals surface area contributed by atoms with Crippen LogP contribution in [0.3, 0.4) is 0 Å². The van der Waals surface area contributed by atoms with E-state index in [1.807, 2.05) is 25.3 Å². The van der Waals surface area contributed by atoms with Crippen LogP contribution in [0.4, 0.5) is 5.69 Å². The topological polar surface area (TPSA) is 107 Å². The molecular formula is C24H26ClN5O4S. The van der Waals surface area contributed by atoms with Gasteiger partial charge in [0.15, 0.2) is 22.5 Å². The summed E-state index contributed by atoms with van der Waals surface area (Å²) >= 11 is 7.18. The van der Waals surface area contributed by atoms with Crippen molar-refractivity contribution >= 4 is 40.9 Å². The lowest BCUT2D eigenvalue weighted by molar-refractivity contribution is -0.113. The number of nitrogens with zero attached hydrogens (tertiary/aromatic N) is 3. The Hall–Kier alpha value is -3.24. The minimum Gasteiger partial charge on any atom is -0.454 e. The molecule has 2 N–H and O–H groups in total. The zero-order valence-electron chi connectivity index (χ0n) is 19.6. The Kier molecular flexibility index (Phi) is 7.82. The molecule has 0 spiro atoms. The van der Waals surface area contributed by atoms with E-state index in [1.54, 1.807) is 42.5 Å². The summed E-state index contributed by atoms with van der Waals surface area (Å²) in [6.45, 7) is 6.72. The third kappa shape index (κ3) is 5.88. The minimum absolute atomic E-state index is 0.0495. The maximum atomic E-state index is 13.0. The zero-order chi connectivity index (χ0) is 24.9. The van der Waals surface area contributed by atoms with Crippen LogP contribution in [0.25, 0.3) is 0 Å². The summed E-state index contributed by atoms with van der Waals surface area (Å²) in [7, 11) is 0. The number of fused-ring (bicyclic) bond motifs is 1. The van der Waals surface area contributed by atoms with Gasteiger partial charge in [0.1, 0.15) is 0 Å². The number of thioether (sulfide) groups is 1. The van der Waals surface area contributed by atoms with E-state index in [-0.39, 0.29) is 36.3 Å². The summed E-state index contributed by atoms with van der Waals surface area (Å²) < 4.78 is 12.6. The Balaban J connectivity index is 1.44. The quantitative estimate of drug-likeness (QED) is 0.403. The standard InChI is InChI=1S/C24H26ClN5O4S/c1-4-30-22(28-29-24(30)35-12-20(31)26-17-8-6-16(25)7-9-17)21(14(2)3)27-23(32)15-5-10-18-19(11-15)34-13-33-18/h5-11,14,21H,4,12-13H2,1-3H3,(H,26,31)(H,27,32). The number of hydrogen-bond donors (Lipinski definition) is 2. The van der Waals surface area contributed by atoms with Gasteiger partial charge in [0.2, 0.25) is 12.7 Å². The van der Waals surface area contributed by atoms with Crippen molar-refractivity contribution in [2.24, 2.45) is 5.92 Å². The normalized spacial score (nSPS) is 13.1. The van der Waals surface area contributed by atoms with Crippen LogP contribution in [0.1, 0.15) is 43.0 Å². The monoisotopic (exact) mass is 515 g/mol. The molecule has 1 atom stereocenters. The third-order valence-electron chi connectivity index (χ3n) is 5.39. The largest absolute Gasteiger partial charge is 0.454 e. The summed E-state index contributed by atoms with van der Waals surface area (Å²) in [6.07, 6.45) is 0. The Bertz CT molecular complexity index is 1220. The molecule has 0 aliphatic carbocycles. The molecule has 9 nitrogen and oxygen atoms in total. The highest BCUT2D eigenvalue weighted by molar-refractivity contribution is 7.99. The van der Waals surface area contributed by atoms with Gasteiger partial charge in [0.05, 0.1) is 11.8 Å². The Labute approximate surface area is 212 Å². The summed E-state index contributed by atoms with van der Waals surface area (Å²) in [5, 5.41) is 15.8. The van der Waals surface area contributed by atoms with E-state index in [2.05, 4.69) is 20.8 Å². The maximum Gasteiger partial charge on any atom is 0.252 e. The van der Waals surface area contributed by atoms with Gasteiger partial charge in [-0.2, -0.15) is 0 Å². The molecule has 1 aromatic heterocycles. The van der Waals surface area contributed by atoms with Crippen molar-refractivity contribution in [3.05, 3.63) is 58.9 Å². The first-order chi connectivity index (χ1) is 16.9. The molecule has 11 heteroatoms. The molecule has 0 radical (unpaired) electrons. The van der Waals surface area contributed by atoms with Crippen molar-refractivity contribution in [3.8, 4) is 11.5 Å². The molecule has 0 bridgehead atoms. The van der Waals surface area contributed by atoms with Gasteiger partial charge in [-0.3, -0.25) is 9.59 Å². The summed E-state index contributed by atoms with van der Waals surface area (Å²) in [6, 6.07) is 11.6. The predicted octanol–water partition coefficient (Wildman–Crippen LogP) is 4.54. The average Bonchev–Trinajstić information content (AvgIpc) is 3.48. The Morgan fingerprint density at radius 1 is 1.11 bits per heavy atom. The molecular weight excluding hydrogens is 490 g/mol. The van der Waals surface area contributed by atoms with E-state index in [4.69, 9.17) is 21.1 Å². The number of anilines is 1. The van der Waals surface area contributed by atoms with E-state index in [0.29, 0.717) is 45.3 Å². The number of carbonyl (C=O) groups is 2. The van der Waals surface area contributed by atoms with Gasteiger partial charge in [-0.05, 0) is 55.3 Å². The number of rotatable bonds is 9. The molecule has 1 unspecified atom stereocenters. The smallest absolute Gasteiger partial charge is 0.252 e. The number of hydrogen-bond acceptors (Lipinski definition) is 7. The minimum atomic E-state index is -0.377. The maximum absolute atomic E-state index is 13.0. The number of ether oxygens (including phenoxy) is 2. The molecule has 184 valence electrons. The molecule has 0 saturated heterocycles. The van der Waals surface area contributed by atoms with E-state index < -0.39 is 0 Å². The number of benzene rings is 2. The summed E-state index contributed by atoms with van der Waals surface area (Å²) in [5.74, 6) is 1.60. The number of aromatic nitrogens is 3. The van der Waals surface area contributed by atoms with Crippen LogP contribution in [-0.2, 0) is 11.3 Å². The first-order valence-corrected chi connectivity index (χ1v) is 12.5. The van der Waals surface area contributed by atoms with Crippen LogP contribution in [-0.4, -0.2) is 39.1 Å². The fraction of sp³-hybridized carbons (Fsp3) is 0.333. The first-order valence-electron chi connectivity index (χ1n) is 11.2. The predicted molar refractivity (Wildman–Crippen MR) is 134 cm³/mol. The van der Waals surface area contributed by atoms with Crippen molar-refractivity contribution in [1.82, 2.24) is 20.1 Å². The molecule has 35 heavy (non-hydrogen) atoms. The van der Waals surface area contributed by atoms with Crippen LogP contribution >= 0.6 is 23.4 Å². The number of amides is 2. The van der Waals surface area contributed by atoms with Gasteiger partial charge in [0.25, 0.3) is 5.91 Å².